The molecular formula is C20H31NO4. The number of hydrogen-bond donors (Lipinski definition) is 1. The molecule has 5 heteroatoms. The number of alkyl carbamates (subject to hydrolysis) is 1. The van der Waals surface area contributed by atoms with E-state index in [2.05, 4.69) is 17.0 Å². The van der Waals surface area contributed by atoms with Crippen LogP contribution in [0, 0.1) is 0 Å². The number of ether oxygens (including phenoxy) is 2. The summed E-state index contributed by atoms with van der Waals surface area (Å²) in [5.41, 5.74) is 0.955. The molecule has 0 saturated heterocycles. The lowest BCUT2D eigenvalue weighted by Crippen LogP contribution is -2.43. The van der Waals surface area contributed by atoms with Crippen molar-refractivity contribution in [1.82, 2.24) is 5.32 Å². The van der Waals surface area contributed by atoms with E-state index in [1.807, 2.05) is 30.3 Å². The van der Waals surface area contributed by atoms with Crippen molar-refractivity contribution >= 4 is 12.1 Å². The third kappa shape index (κ3) is 9.75. The minimum Gasteiger partial charge on any atom is -0.464 e. The van der Waals surface area contributed by atoms with Gasteiger partial charge < -0.3 is 14.8 Å². The SMILES string of the molecule is CCCCCCCCCOC(=O)[C@H](Cc1ccccc1)NC(=O)OC. The highest BCUT2D eigenvalue weighted by atomic mass is 16.5. The van der Waals surface area contributed by atoms with Crippen LogP contribution in [-0.4, -0.2) is 31.8 Å². The molecule has 1 N–H and O–H groups in total. The van der Waals surface area contributed by atoms with Gasteiger partial charge in [-0.1, -0.05) is 75.8 Å². The Labute approximate surface area is 151 Å². The molecule has 1 atom stereocenters. The van der Waals surface area contributed by atoms with Crippen LogP contribution in [0.25, 0.3) is 0 Å². The third-order valence-electron chi connectivity index (χ3n) is 4.04. The second kappa shape index (κ2) is 13.3. The molecule has 1 amide bonds. The van der Waals surface area contributed by atoms with Crippen molar-refractivity contribution in [2.45, 2.75) is 64.3 Å². The molecule has 5 nitrogen and oxygen atoms in total. The summed E-state index contributed by atoms with van der Waals surface area (Å²) in [6, 6.07) is 8.79. The molecule has 0 aliphatic heterocycles. The van der Waals surface area contributed by atoms with Crippen LogP contribution in [0.3, 0.4) is 0 Å². The van der Waals surface area contributed by atoms with Gasteiger partial charge in [0.05, 0.1) is 13.7 Å². The van der Waals surface area contributed by atoms with Gasteiger partial charge in [-0.25, -0.2) is 9.59 Å². The second-order valence-corrected chi connectivity index (χ2v) is 6.17. The lowest BCUT2D eigenvalue weighted by molar-refractivity contribution is -0.146. The van der Waals surface area contributed by atoms with Crippen LogP contribution in [0.4, 0.5) is 4.79 Å². The summed E-state index contributed by atoms with van der Waals surface area (Å²) in [4.78, 5) is 23.8. The number of unbranched alkanes of at least 4 members (excludes halogenated alkanes) is 6. The minimum atomic E-state index is -0.737. The highest BCUT2D eigenvalue weighted by molar-refractivity contribution is 5.81. The van der Waals surface area contributed by atoms with Gasteiger partial charge in [0.2, 0.25) is 0 Å². The molecule has 1 aromatic carbocycles. The molecule has 1 rings (SSSR count). The number of carbonyl (C=O) groups is 2. The van der Waals surface area contributed by atoms with Crippen molar-refractivity contribution in [3.8, 4) is 0 Å². The van der Waals surface area contributed by atoms with E-state index in [0.717, 1.165) is 18.4 Å². The predicted octanol–water partition coefficient (Wildman–Crippen LogP) is 4.25. The molecule has 0 fully saturated rings. The van der Waals surface area contributed by atoms with Gasteiger partial charge in [0, 0.05) is 6.42 Å². The Balaban J connectivity index is 2.35. The smallest absolute Gasteiger partial charge is 0.407 e. The predicted molar refractivity (Wildman–Crippen MR) is 98.4 cm³/mol. The van der Waals surface area contributed by atoms with E-state index < -0.39 is 18.1 Å². The van der Waals surface area contributed by atoms with Crippen molar-refractivity contribution in [1.29, 1.82) is 0 Å². The van der Waals surface area contributed by atoms with Gasteiger partial charge in [-0.15, -0.1) is 0 Å². The summed E-state index contributed by atoms with van der Waals surface area (Å²) in [6.45, 7) is 2.59. The Morgan fingerprint density at radius 2 is 1.64 bits per heavy atom. The molecule has 0 heterocycles. The summed E-state index contributed by atoms with van der Waals surface area (Å²) in [5.74, 6) is -0.416. The van der Waals surface area contributed by atoms with Crippen LogP contribution in [-0.2, 0) is 20.7 Å². The molecule has 25 heavy (non-hydrogen) atoms. The second-order valence-electron chi connectivity index (χ2n) is 6.17. The molecule has 0 aliphatic rings. The van der Waals surface area contributed by atoms with E-state index in [9.17, 15) is 9.59 Å². The van der Waals surface area contributed by atoms with E-state index >= 15 is 0 Å². The number of methoxy groups -OCH3 is 1. The number of nitrogens with one attached hydrogen (secondary N) is 1. The topological polar surface area (TPSA) is 64.6 Å². The molecule has 0 radical (unpaired) electrons. The lowest BCUT2D eigenvalue weighted by atomic mass is 10.1. The first-order valence-corrected chi connectivity index (χ1v) is 9.22. The van der Waals surface area contributed by atoms with Gasteiger partial charge in [0.15, 0.2) is 0 Å². The van der Waals surface area contributed by atoms with E-state index in [1.54, 1.807) is 0 Å². The fraction of sp³-hybridized carbons (Fsp3) is 0.600. The average Bonchev–Trinajstić information content (AvgIpc) is 2.63. The normalized spacial score (nSPS) is 11.6. The van der Waals surface area contributed by atoms with Crippen molar-refractivity contribution in [2.24, 2.45) is 0 Å². The fourth-order valence-corrected chi connectivity index (χ4v) is 2.58. The highest BCUT2D eigenvalue weighted by Crippen LogP contribution is 2.08. The number of esters is 1. The van der Waals surface area contributed by atoms with Crippen LogP contribution in [0.1, 0.15) is 57.4 Å². The summed E-state index contributed by atoms with van der Waals surface area (Å²) < 4.78 is 9.94. The van der Waals surface area contributed by atoms with E-state index in [0.29, 0.717) is 13.0 Å². The quantitative estimate of drug-likeness (QED) is 0.453. The first kappa shape index (κ1) is 21.0. The zero-order valence-electron chi connectivity index (χ0n) is 15.5. The van der Waals surface area contributed by atoms with Gasteiger partial charge >= 0.3 is 12.1 Å². The van der Waals surface area contributed by atoms with E-state index in [4.69, 9.17) is 4.74 Å². The monoisotopic (exact) mass is 349 g/mol. The zero-order valence-corrected chi connectivity index (χ0v) is 15.5. The largest absolute Gasteiger partial charge is 0.464 e. The van der Waals surface area contributed by atoms with Crippen molar-refractivity contribution in [3.63, 3.8) is 0 Å². The Hall–Kier alpha value is -2.04. The fourth-order valence-electron chi connectivity index (χ4n) is 2.58. The third-order valence-corrected chi connectivity index (χ3v) is 4.04. The van der Waals surface area contributed by atoms with Crippen molar-refractivity contribution in [3.05, 3.63) is 35.9 Å². The molecular weight excluding hydrogens is 318 g/mol. The standard InChI is InChI=1S/C20H31NO4/c1-3-4-5-6-7-8-12-15-25-19(22)18(21-20(23)24-2)16-17-13-10-9-11-14-17/h9-11,13-14,18H,3-8,12,15-16H2,1-2H3,(H,21,23)/t18-/m0/s1. The van der Waals surface area contributed by atoms with E-state index in [1.165, 1.54) is 39.2 Å². The zero-order chi connectivity index (χ0) is 18.3. The Morgan fingerprint density at radius 1 is 1.00 bits per heavy atom. The number of rotatable bonds is 12. The maximum absolute atomic E-state index is 12.3. The molecule has 0 bridgehead atoms. The van der Waals surface area contributed by atoms with Crippen LogP contribution in [0.5, 0.6) is 0 Å². The summed E-state index contributed by atoms with van der Waals surface area (Å²) in [5, 5.41) is 2.55. The first-order chi connectivity index (χ1) is 12.2. The number of amides is 1. The molecule has 0 aromatic heterocycles. The molecule has 0 unspecified atom stereocenters. The van der Waals surface area contributed by atoms with Crippen LogP contribution < -0.4 is 5.32 Å². The summed E-state index contributed by atoms with van der Waals surface area (Å²) in [6.07, 6.45) is 7.88. The lowest BCUT2D eigenvalue weighted by Gasteiger charge is -2.17. The van der Waals surface area contributed by atoms with Crippen LogP contribution in [0.2, 0.25) is 0 Å². The number of hydrogen-bond acceptors (Lipinski definition) is 4. The molecule has 0 spiro atoms. The Morgan fingerprint density at radius 3 is 2.28 bits per heavy atom. The van der Waals surface area contributed by atoms with Gasteiger partial charge in [0.1, 0.15) is 6.04 Å². The first-order valence-electron chi connectivity index (χ1n) is 9.22. The summed E-state index contributed by atoms with van der Waals surface area (Å²) >= 11 is 0. The average molecular weight is 349 g/mol. The summed E-state index contributed by atoms with van der Waals surface area (Å²) in [7, 11) is 1.28. The number of carbonyl (C=O) groups excluding carboxylic acids is 2. The Kier molecular flexibility index (Phi) is 11.2. The van der Waals surface area contributed by atoms with Gasteiger partial charge in [-0.05, 0) is 12.0 Å². The molecule has 0 aliphatic carbocycles. The van der Waals surface area contributed by atoms with Crippen LogP contribution >= 0.6 is 0 Å². The molecule has 0 saturated carbocycles. The van der Waals surface area contributed by atoms with Crippen molar-refractivity contribution in [2.75, 3.05) is 13.7 Å². The highest BCUT2D eigenvalue weighted by Gasteiger charge is 2.23. The molecule has 1 aromatic rings. The maximum atomic E-state index is 12.3. The number of benzene rings is 1. The minimum absolute atomic E-state index is 0.381. The van der Waals surface area contributed by atoms with Crippen molar-refractivity contribution < 1.29 is 19.1 Å². The van der Waals surface area contributed by atoms with E-state index in [-0.39, 0.29) is 0 Å². The molecule has 140 valence electrons. The van der Waals surface area contributed by atoms with Gasteiger partial charge in [0.25, 0.3) is 0 Å². The van der Waals surface area contributed by atoms with Gasteiger partial charge in [-0.2, -0.15) is 0 Å². The Bertz CT molecular complexity index is 490. The maximum Gasteiger partial charge on any atom is 0.407 e. The van der Waals surface area contributed by atoms with Gasteiger partial charge in [-0.3, -0.25) is 0 Å². The van der Waals surface area contributed by atoms with Crippen LogP contribution in [0.15, 0.2) is 30.3 Å².